The fourth-order valence-electron chi connectivity index (χ4n) is 10.6. The second kappa shape index (κ2) is 38.0. The number of allylic oxidation sites excluding steroid dienone is 2. The summed E-state index contributed by atoms with van der Waals surface area (Å²) in [5.41, 5.74) is 0. The van der Waals surface area contributed by atoms with Gasteiger partial charge in [0.25, 0.3) is 5.91 Å². The number of nitrogens with zero attached hydrogens (tertiary/aromatic N) is 7. The Labute approximate surface area is 502 Å². The zero-order valence-corrected chi connectivity index (χ0v) is 54.4. The average molecular weight is 1190 g/mol. The first-order valence-corrected chi connectivity index (χ1v) is 30.9. The highest BCUT2D eigenvalue weighted by Crippen LogP contribution is 2.24. The lowest BCUT2D eigenvalue weighted by Crippen LogP contribution is -2.63. The molecule has 12 unspecified atom stereocenters. The van der Waals surface area contributed by atoms with E-state index in [0.29, 0.717) is 70.6 Å². The van der Waals surface area contributed by atoms with E-state index in [9.17, 15) is 48.3 Å². The molecule has 0 aromatic carbocycles. The van der Waals surface area contributed by atoms with Gasteiger partial charge in [0, 0.05) is 49.3 Å². The van der Waals surface area contributed by atoms with Crippen molar-refractivity contribution in [2.24, 2.45) is 5.92 Å². The van der Waals surface area contributed by atoms with E-state index in [1.807, 2.05) is 41.5 Å². The van der Waals surface area contributed by atoms with Gasteiger partial charge in [-0.05, 0) is 78.1 Å². The molecule has 0 spiro atoms. The predicted molar refractivity (Wildman–Crippen MR) is 324 cm³/mol. The number of imide groups is 1. The SMILES string of the molecule is CC=CCC(C)C(O)C1C(=O)NC(CC)C(=O)N(C)C(=O)N(C)C(CCCC)C(=O)NC(CCC)C(=O)N(C)C(CCCC)C(=O)NC(C)C(=O)NC(C)C(=O)N(C)C(CCCC)C(=O)N(C)C(CCCC)C(=O)N(C)C(CCC)C(=O)N1C. The van der Waals surface area contributed by atoms with Gasteiger partial charge in [0.1, 0.15) is 60.4 Å². The van der Waals surface area contributed by atoms with Gasteiger partial charge in [0.2, 0.25) is 53.2 Å². The van der Waals surface area contributed by atoms with E-state index in [1.54, 1.807) is 32.9 Å². The fourth-order valence-corrected chi connectivity index (χ4v) is 10.6. The first-order chi connectivity index (χ1) is 39.6. The van der Waals surface area contributed by atoms with Crippen LogP contribution in [-0.4, -0.2) is 220 Å². The second-order valence-corrected chi connectivity index (χ2v) is 23.0. The molecule has 12 amide bonds. The first-order valence-electron chi connectivity index (χ1n) is 30.9. The van der Waals surface area contributed by atoms with Crippen LogP contribution in [0.1, 0.15) is 192 Å². The van der Waals surface area contributed by atoms with Crippen LogP contribution in [0, 0.1) is 5.92 Å². The first kappa shape index (κ1) is 75.9. The monoisotopic (exact) mass is 1190 g/mol. The van der Waals surface area contributed by atoms with E-state index in [4.69, 9.17) is 0 Å². The van der Waals surface area contributed by atoms with Crippen molar-refractivity contribution in [1.82, 2.24) is 55.6 Å². The quantitative estimate of drug-likeness (QED) is 0.0977. The van der Waals surface area contributed by atoms with Gasteiger partial charge < -0.3 is 55.8 Å². The largest absolute Gasteiger partial charge is 0.390 e. The van der Waals surface area contributed by atoms with E-state index in [1.165, 1.54) is 82.8 Å². The number of amides is 12. The molecule has 1 rings (SSSR count). The number of likely N-dealkylation sites (N-methyl/N-ethyl adjacent to an activating group) is 7. The van der Waals surface area contributed by atoms with Gasteiger partial charge in [0.15, 0.2) is 0 Å². The van der Waals surface area contributed by atoms with E-state index in [-0.39, 0.29) is 44.9 Å². The minimum atomic E-state index is -1.63. The summed E-state index contributed by atoms with van der Waals surface area (Å²) in [5, 5.41) is 23.0. The van der Waals surface area contributed by atoms with Crippen LogP contribution in [0.3, 0.4) is 0 Å². The van der Waals surface area contributed by atoms with Crippen LogP contribution in [0.15, 0.2) is 12.2 Å². The predicted octanol–water partition coefficient (Wildman–Crippen LogP) is 4.73. The molecule has 480 valence electrons. The van der Waals surface area contributed by atoms with Crippen LogP contribution < -0.4 is 21.3 Å². The molecule has 23 nitrogen and oxygen atoms in total. The van der Waals surface area contributed by atoms with Crippen LogP contribution in [0.4, 0.5) is 4.79 Å². The van der Waals surface area contributed by atoms with E-state index >= 15 is 9.59 Å². The highest BCUT2D eigenvalue weighted by molar-refractivity contribution is 6.02. The molecule has 0 aromatic heterocycles. The summed E-state index contributed by atoms with van der Waals surface area (Å²) in [6.07, 6.45) is 8.81. The normalized spacial score (nSPS) is 26.5. The van der Waals surface area contributed by atoms with Crippen LogP contribution in [-0.2, 0) is 47.9 Å². The van der Waals surface area contributed by atoms with Gasteiger partial charge >= 0.3 is 6.03 Å². The minimum Gasteiger partial charge on any atom is -0.390 e. The molecule has 5 N–H and O–H groups in total. The molecule has 23 heteroatoms. The smallest absolute Gasteiger partial charge is 0.326 e. The Morgan fingerprint density at radius 1 is 0.429 bits per heavy atom. The molecular formula is C61H109N11O12. The Morgan fingerprint density at radius 3 is 1.27 bits per heavy atom. The number of carbonyl (C=O) groups is 11. The van der Waals surface area contributed by atoms with Crippen LogP contribution in [0.25, 0.3) is 0 Å². The van der Waals surface area contributed by atoms with Crippen LogP contribution >= 0.6 is 0 Å². The number of aliphatic hydroxyl groups excluding tert-OH is 1. The third-order valence-corrected chi connectivity index (χ3v) is 16.4. The Balaban J connectivity index is 4.32. The Bertz CT molecular complexity index is 2210. The number of aliphatic hydroxyl groups is 1. The van der Waals surface area contributed by atoms with Gasteiger partial charge in [-0.2, -0.15) is 0 Å². The molecule has 1 aliphatic rings. The summed E-state index contributed by atoms with van der Waals surface area (Å²) < 4.78 is 0. The molecule has 0 bridgehead atoms. The molecule has 0 aromatic rings. The standard InChI is InChI=1S/C61H109N11O12/c1-19-27-34-39(9)50(73)49-54(77)64-42(26-8)56(79)72(18)61(84)70(16)45(36-29-21-3)53(76)65-43(32-24-6)57(80)66(12)44(35-28-20-2)52(75)62-40(10)51(74)63-41(11)55(78)67(13)47(37-30-22-4)58(81)69(15)48(38-31-23-5)59(82)68(14)46(33-25-7)60(83)71(49)17/h19,27,39-50,73H,20-26,28-38H2,1-18H3,(H,62,75)(H,63,74)(H,64,77)(H,65,76). The zero-order chi connectivity index (χ0) is 64.3. The van der Waals surface area contributed by atoms with Crippen molar-refractivity contribution >= 4 is 65.1 Å². The van der Waals surface area contributed by atoms with Crippen LogP contribution in [0.5, 0.6) is 0 Å². The topological polar surface area (TPSA) is 279 Å². The number of carbonyl (C=O) groups excluding carboxylic acids is 11. The summed E-state index contributed by atoms with van der Waals surface area (Å²) >= 11 is 0. The lowest BCUT2D eigenvalue weighted by atomic mass is 9.92. The third-order valence-electron chi connectivity index (χ3n) is 16.4. The summed E-state index contributed by atoms with van der Waals surface area (Å²) in [6, 6.07) is -13.2. The molecule has 0 radical (unpaired) electrons. The maximum atomic E-state index is 15.1. The third kappa shape index (κ3) is 21.1. The van der Waals surface area contributed by atoms with Gasteiger partial charge in [0.05, 0.1) is 6.10 Å². The molecule has 12 atom stereocenters. The van der Waals surface area contributed by atoms with Crippen molar-refractivity contribution in [3.05, 3.63) is 12.2 Å². The molecule has 1 saturated heterocycles. The lowest BCUT2D eigenvalue weighted by molar-refractivity contribution is -0.156. The van der Waals surface area contributed by atoms with E-state index < -0.39 is 138 Å². The number of hydrogen-bond donors (Lipinski definition) is 5. The Kier molecular flexibility index (Phi) is 34.4. The Morgan fingerprint density at radius 2 is 0.821 bits per heavy atom. The number of urea groups is 1. The lowest BCUT2D eigenvalue weighted by Gasteiger charge is -2.40. The fraction of sp³-hybridized carbons (Fsp3) is 0.787. The van der Waals surface area contributed by atoms with Gasteiger partial charge in [-0.15, -0.1) is 0 Å². The summed E-state index contributed by atoms with van der Waals surface area (Å²) in [4.78, 5) is 168. The summed E-state index contributed by atoms with van der Waals surface area (Å²) in [5.74, 6) is -7.48. The van der Waals surface area contributed by atoms with Gasteiger partial charge in [-0.1, -0.05) is 132 Å². The maximum Gasteiger partial charge on any atom is 0.326 e. The summed E-state index contributed by atoms with van der Waals surface area (Å²) in [6.45, 7) is 19.3. The van der Waals surface area contributed by atoms with Crippen molar-refractivity contribution < 1.29 is 57.8 Å². The number of unbranched alkanes of at least 4 members (excludes halogenated alkanes) is 4. The van der Waals surface area contributed by atoms with Crippen molar-refractivity contribution in [2.75, 3.05) is 49.3 Å². The van der Waals surface area contributed by atoms with Crippen LogP contribution in [0.2, 0.25) is 0 Å². The van der Waals surface area contributed by atoms with Gasteiger partial charge in [-0.25, -0.2) is 4.79 Å². The molecule has 1 heterocycles. The number of nitrogens with one attached hydrogen (secondary N) is 4. The molecule has 1 fully saturated rings. The average Bonchev–Trinajstić information content (AvgIpc) is 3.67. The van der Waals surface area contributed by atoms with Gasteiger partial charge in [-0.3, -0.25) is 52.8 Å². The van der Waals surface area contributed by atoms with Crippen molar-refractivity contribution in [2.45, 2.75) is 258 Å². The highest BCUT2D eigenvalue weighted by Gasteiger charge is 2.44. The molecule has 1 aliphatic heterocycles. The maximum absolute atomic E-state index is 15.1. The molecular weight excluding hydrogens is 1080 g/mol. The highest BCUT2D eigenvalue weighted by atomic mass is 16.3. The Hall–Kier alpha value is -6.13. The zero-order valence-electron chi connectivity index (χ0n) is 54.4. The molecule has 0 aliphatic carbocycles. The minimum absolute atomic E-state index is 0.0403. The van der Waals surface area contributed by atoms with E-state index in [0.717, 1.165) is 14.7 Å². The van der Waals surface area contributed by atoms with Crippen molar-refractivity contribution in [3.8, 4) is 0 Å². The molecule has 84 heavy (non-hydrogen) atoms. The van der Waals surface area contributed by atoms with E-state index in [2.05, 4.69) is 21.3 Å². The summed E-state index contributed by atoms with van der Waals surface area (Å²) in [7, 11) is 9.75. The second-order valence-electron chi connectivity index (χ2n) is 23.0. The van der Waals surface area contributed by atoms with Crippen molar-refractivity contribution in [3.63, 3.8) is 0 Å². The number of hydrogen-bond acceptors (Lipinski definition) is 12. The number of rotatable bonds is 21. The van der Waals surface area contributed by atoms with Crippen molar-refractivity contribution in [1.29, 1.82) is 0 Å². The molecule has 0 saturated carbocycles.